The molecule has 0 aliphatic heterocycles. The lowest BCUT2D eigenvalue weighted by Crippen LogP contribution is -2.26. The molecule has 0 saturated carbocycles. The van der Waals surface area contributed by atoms with Gasteiger partial charge >= 0.3 is 5.97 Å². The molecule has 2 aromatic carbocycles. The monoisotopic (exact) mass is 297 g/mol. The van der Waals surface area contributed by atoms with Crippen LogP contribution < -0.4 is 0 Å². The maximum atomic E-state index is 12.0. The predicted octanol–water partition coefficient (Wildman–Crippen LogP) is 2.35. The topological polar surface area (TPSA) is 65.0 Å². The second kappa shape index (κ2) is 7.73. The zero-order chi connectivity index (χ0) is 15.8. The van der Waals surface area contributed by atoms with Gasteiger partial charge in [0.25, 0.3) is 5.78 Å². The van der Waals surface area contributed by atoms with E-state index >= 15 is 0 Å². The molecule has 2 rings (SSSR count). The van der Waals surface area contributed by atoms with Crippen molar-refractivity contribution in [2.75, 3.05) is 7.11 Å². The van der Waals surface area contributed by atoms with Gasteiger partial charge in [-0.15, -0.1) is 0 Å². The Kier molecular flexibility index (Phi) is 5.43. The average Bonchev–Trinajstić information content (AvgIpc) is 2.59. The summed E-state index contributed by atoms with van der Waals surface area (Å²) in [6.07, 6.45) is 0. The fourth-order valence-electron chi connectivity index (χ4n) is 1.76. The first-order valence-electron chi connectivity index (χ1n) is 6.64. The predicted molar refractivity (Wildman–Crippen MR) is 81.2 cm³/mol. The maximum Gasteiger partial charge on any atom is 0.381 e. The molecule has 5 heteroatoms. The van der Waals surface area contributed by atoms with Gasteiger partial charge in [0.1, 0.15) is 6.61 Å². The quantitative estimate of drug-likeness (QED) is 0.355. The van der Waals surface area contributed by atoms with Crippen molar-refractivity contribution in [1.82, 2.24) is 0 Å². The van der Waals surface area contributed by atoms with E-state index in [0.717, 1.165) is 12.7 Å². The van der Waals surface area contributed by atoms with Crippen molar-refractivity contribution in [1.29, 1.82) is 0 Å². The second-order valence-electron chi connectivity index (χ2n) is 4.39. The van der Waals surface area contributed by atoms with Gasteiger partial charge in [-0.25, -0.2) is 4.79 Å². The Morgan fingerprint density at radius 2 is 1.55 bits per heavy atom. The van der Waals surface area contributed by atoms with Gasteiger partial charge in [-0.1, -0.05) is 65.8 Å². The van der Waals surface area contributed by atoms with Gasteiger partial charge in [-0.2, -0.15) is 0 Å². The third-order valence-corrected chi connectivity index (χ3v) is 2.86. The van der Waals surface area contributed by atoms with Crippen LogP contribution in [-0.2, 0) is 25.8 Å². The summed E-state index contributed by atoms with van der Waals surface area (Å²) in [5.41, 5.74) is 1.32. The first-order valence-corrected chi connectivity index (χ1v) is 6.64. The van der Waals surface area contributed by atoms with Crippen molar-refractivity contribution in [3.8, 4) is 0 Å². The van der Waals surface area contributed by atoms with Crippen molar-refractivity contribution in [2.24, 2.45) is 5.16 Å². The molecular weight excluding hydrogens is 282 g/mol. The number of hydrogen-bond acceptors (Lipinski definition) is 5. The first-order chi connectivity index (χ1) is 10.7. The van der Waals surface area contributed by atoms with E-state index in [1.54, 1.807) is 30.3 Å². The van der Waals surface area contributed by atoms with Crippen molar-refractivity contribution >= 4 is 17.5 Å². The van der Waals surface area contributed by atoms with E-state index in [4.69, 9.17) is 4.84 Å². The molecule has 0 aliphatic carbocycles. The fourth-order valence-corrected chi connectivity index (χ4v) is 1.76. The fraction of sp³-hybridized carbons (Fsp3) is 0.118. The Labute approximate surface area is 128 Å². The molecule has 22 heavy (non-hydrogen) atoms. The summed E-state index contributed by atoms with van der Waals surface area (Å²) in [5, 5.41) is 3.82. The molecule has 0 atom stereocenters. The summed E-state index contributed by atoms with van der Waals surface area (Å²) in [5.74, 6) is -1.83. The lowest BCUT2D eigenvalue weighted by atomic mass is 10.1. The molecule has 0 aliphatic rings. The lowest BCUT2D eigenvalue weighted by molar-refractivity contribution is -0.148. The number of hydrogen-bond donors (Lipinski definition) is 0. The molecule has 0 fully saturated rings. The van der Waals surface area contributed by atoms with Gasteiger partial charge in [0.2, 0.25) is 0 Å². The number of oxime groups is 1. The van der Waals surface area contributed by atoms with Crippen LogP contribution in [0, 0.1) is 0 Å². The highest BCUT2D eigenvalue weighted by Crippen LogP contribution is 2.06. The van der Waals surface area contributed by atoms with E-state index in [2.05, 4.69) is 9.89 Å². The molecule has 0 bridgehead atoms. The second-order valence-corrected chi connectivity index (χ2v) is 4.39. The summed E-state index contributed by atoms with van der Waals surface area (Å²) in [6, 6.07) is 18.0. The molecule has 0 N–H and O–H groups in total. The molecule has 0 saturated heterocycles. The van der Waals surface area contributed by atoms with Crippen LogP contribution >= 0.6 is 0 Å². The number of rotatable bonds is 6. The van der Waals surface area contributed by atoms with Crippen LogP contribution in [0.2, 0.25) is 0 Å². The highest BCUT2D eigenvalue weighted by atomic mass is 16.6. The number of nitrogens with zero attached hydrogens (tertiary/aromatic N) is 1. The SMILES string of the molecule is COC(=O)C(=O)/C(=N/OCc1ccccc1)c1ccccc1. The van der Waals surface area contributed by atoms with E-state index in [1.807, 2.05) is 30.3 Å². The highest BCUT2D eigenvalue weighted by molar-refractivity contribution is 6.66. The van der Waals surface area contributed by atoms with Gasteiger partial charge in [0, 0.05) is 5.56 Å². The molecule has 112 valence electrons. The summed E-state index contributed by atoms with van der Waals surface area (Å²) in [6.45, 7) is 0.200. The van der Waals surface area contributed by atoms with E-state index in [-0.39, 0.29) is 12.3 Å². The Bertz CT molecular complexity index is 666. The molecule has 0 spiro atoms. The molecule has 0 unspecified atom stereocenters. The molecule has 0 aromatic heterocycles. The largest absolute Gasteiger partial charge is 0.463 e. The zero-order valence-corrected chi connectivity index (χ0v) is 12.1. The number of esters is 1. The van der Waals surface area contributed by atoms with Crippen molar-refractivity contribution < 1.29 is 19.2 Å². The zero-order valence-electron chi connectivity index (χ0n) is 12.1. The number of carbonyl (C=O) groups is 2. The lowest BCUT2D eigenvalue weighted by Gasteiger charge is -2.05. The highest BCUT2D eigenvalue weighted by Gasteiger charge is 2.23. The van der Waals surface area contributed by atoms with Crippen molar-refractivity contribution in [3.05, 3.63) is 71.8 Å². The number of methoxy groups -OCH3 is 1. The summed E-state index contributed by atoms with van der Waals surface area (Å²) >= 11 is 0. The van der Waals surface area contributed by atoms with Crippen LogP contribution in [0.3, 0.4) is 0 Å². The summed E-state index contributed by atoms with van der Waals surface area (Å²) in [7, 11) is 1.15. The van der Waals surface area contributed by atoms with Crippen molar-refractivity contribution in [3.63, 3.8) is 0 Å². The van der Waals surface area contributed by atoms with Gasteiger partial charge in [0.15, 0.2) is 5.71 Å². The average molecular weight is 297 g/mol. The van der Waals surface area contributed by atoms with Gasteiger partial charge < -0.3 is 9.57 Å². The number of ether oxygens (including phenoxy) is 1. The maximum absolute atomic E-state index is 12.0. The summed E-state index contributed by atoms with van der Waals surface area (Å²) < 4.78 is 4.45. The van der Waals surface area contributed by atoms with E-state index in [9.17, 15) is 9.59 Å². The van der Waals surface area contributed by atoms with Crippen molar-refractivity contribution in [2.45, 2.75) is 6.61 Å². The van der Waals surface area contributed by atoms with Crippen LogP contribution in [0.15, 0.2) is 65.8 Å². The van der Waals surface area contributed by atoms with Gasteiger partial charge in [-0.05, 0) is 5.56 Å². The van der Waals surface area contributed by atoms with Crippen LogP contribution in [0.1, 0.15) is 11.1 Å². The number of benzene rings is 2. The normalized spacial score (nSPS) is 10.9. The number of ketones is 1. The molecule has 0 amide bonds. The van der Waals surface area contributed by atoms with Crippen LogP contribution in [0.25, 0.3) is 0 Å². The number of Topliss-reactive ketones (excluding diaryl/α,β-unsaturated/α-hetero) is 1. The Balaban J connectivity index is 2.19. The number of carbonyl (C=O) groups excluding carboxylic acids is 2. The molecule has 0 heterocycles. The van der Waals surface area contributed by atoms with Gasteiger partial charge in [-0.3, -0.25) is 4.79 Å². The minimum absolute atomic E-state index is 0.0802. The van der Waals surface area contributed by atoms with E-state index in [1.165, 1.54) is 0 Å². The van der Waals surface area contributed by atoms with Gasteiger partial charge in [0.05, 0.1) is 7.11 Å². The molecular formula is C17H15NO4. The summed E-state index contributed by atoms with van der Waals surface area (Å²) in [4.78, 5) is 28.7. The molecule has 5 nitrogen and oxygen atoms in total. The Morgan fingerprint density at radius 3 is 2.14 bits per heavy atom. The van der Waals surface area contributed by atoms with Crippen LogP contribution in [-0.4, -0.2) is 24.6 Å². The first kappa shape index (κ1) is 15.4. The minimum Gasteiger partial charge on any atom is -0.463 e. The smallest absolute Gasteiger partial charge is 0.381 e. The Hall–Kier alpha value is -2.95. The van der Waals surface area contributed by atoms with E-state index < -0.39 is 11.8 Å². The standard InChI is InChI=1S/C17H15NO4/c1-21-17(20)16(19)15(14-10-6-3-7-11-14)18-22-12-13-8-4-2-5-9-13/h2-11H,12H2,1H3/b18-15+. The van der Waals surface area contributed by atoms with Crippen LogP contribution in [0.4, 0.5) is 0 Å². The third kappa shape index (κ3) is 4.02. The Morgan fingerprint density at radius 1 is 0.955 bits per heavy atom. The molecule has 0 radical (unpaired) electrons. The minimum atomic E-state index is -0.981. The third-order valence-electron chi connectivity index (χ3n) is 2.86. The van der Waals surface area contributed by atoms with Crippen LogP contribution in [0.5, 0.6) is 0 Å². The molecule has 2 aromatic rings. The van der Waals surface area contributed by atoms with E-state index in [0.29, 0.717) is 5.56 Å².